The number of anilines is 1. The highest BCUT2D eigenvalue weighted by atomic mass is 35.5. The van der Waals surface area contributed by atoms with Gasteiger partial charge in [-0.2, -0.15) is 0 Å². The molecule has 45 heavy (non-hydrogen) atoms. The largest absolute Gasteiger partial charge is 0.493 e. The van der Waals surface area contributed by atoms with Gasteiger partial charge in [-0.15, -0.1) is 0 Å². The molecule has 1 unspecified atom stereocenters. The summed E-state index contributed by atoms with van der Waals surface area (Å²) in [6, 6.07) is 14.7. The van der Waals surface area contributed by atoms with Crippen molar-refractivity contribution in [2.45, 2.75) is 12.5 Å². The van der Waals surface area contributed by atoms with Crippen LogP contribution in [0.25, 0.3) is 10.9 Å². The van der Waals surface area contributed by atoms with E-state index in [9.17, 15) is 14.7 Å². The van der Waals surface area contributed by atoms with E-state index in [0.717, 1.165) is 19.2 Å². The van der Waals surface area contributed by atoms with E-state index in [1.54, 1.807) is 42.5 Å². The second kappa shape index (κ2) is 15.0. The predicted octanol–water partition coefficient (Wildman–Crippen LogP) is 4.79. The van der Waals surface area contributed by atoms with Crippen molar-refractivity contribution < 1.29 is 38.0 Å². The van der Waals surface area contributed by atoms with Crippen LogP contribution in [0.15, 0.2) is 66.9 Å². The molecule has 13 heteroatoms. The fourth-order valence-electron chi connectivity index (χ4n) is 4.71. The van der Waals surface area contributed by atoms with E-state index in [4.69, 9.17) is 30.5 Å². The number of pyridine rings is 1. The SMILES string of the molecule is COc1cc2c(Oc3ccc(NC(=O)NC(=O)Cc4ccc(Cl)cc4)cc3F)ccnc2cc1OCC(O)CN1CCOCC1. The Hall–Kier alpha value is -4.49. The van der Waals surface area contributed by atoms with Gasteiger partial charge in [-0.1, -0.05) is 23.7 Å². The van der Waals surface area contributed by atoms with E-state index in [1.165, 1.54) is 25.4 Å². The molecule has 1 aliphatic rings. The lowest BCUT2D eigenvalue weighted by Crippen LogP contribution is -2.42. The molecule has 3 N–H and O–H groups in total. The maximum atomic E-state index is 15.1. The van der Waals surface area contributed by atoms with Crippen molar-refractivity contribution in [3.05, 3.63) is 83.3 Å². The minimum absolute atomic E-state index is 0.0269. The molecule has 5 rings (SSSR count). The molecule has 11 nitrogen and oxygen atoms in total. The summed E-state index contributed by atoms with van der Waals surface area (Å²) >= 11 is 5.85. The van der Waals surface area contributed by atoms with Gasteiger partial charge in [0.2, 0.25) is 5.91 Å². The Labute approximate surface area is 263 Å². The van der Waals surface area contributed by atoms with Crippen LogP contribution in [0.2, 0.25) is 5.02 Å². The summed E-state index contributed by atoms with van der Waals surface area (Å²) in [4.78, 5) is 31.0. The molecule has 3 aromatic carbocycles. The van der Waals surface area contributed by atoms with Crippen molar-refractivity contribution in [3.63, 3.8) is 0 Å². The average molecular weight is 639 g/mol. The zero-order valence-electron chi connectivity index (χ0n) is 24.4. The number of rotatable bonds is 11. The highest BCUT2D eigenvalue weighted by Gasteiger charge is 2.18. The molecular formula is C32H32ClFN4O7. The molecule has 1 aromatic heterocycles. The number of hydrogen-bond donors (Lipinski definition) is 3. The molecule has 1 fully saturated rings. The van der Waals surface area contributed by atoms with Gasteiger partial charge in [0, 0.05) is 54.1 Å². The number of morpholine rings is 1. The summed E-state index contributed by atoms with van der Waals surface area (Å²) in [5.74, 6) is -0.294. The van der Waals surface area contributed by atoms with E-state index in [0.29, 0.717) is 58.5 Å². The molecule has 0 bridgehead atoms. The summed E-state index contributed by atoms with van der Waals surface area (Å²) in [6.07, 6.45) is 0.772. The van der Waals surface area contributed by atoms with Crippen LogP contribution in [0, 0.1) is 5.82 Å². The van der Waals surface area contributed by atoms with E-state index in [1.807, 2.05) is 0 Å². The van der Waals surface area contributed by atoms with Gasteiger partial charge in [0.25, 0.3) is 0 Å². The van der Waals surface area contributed by atoms with Crippen LogP contribution in [0.3, 0.4) is 0 Å². The Bertz CT molecular complexity index is 1650. The highest BCUT2D eigenvalue weighted by molar-refractivity contribution is 6.30. The maximum absolute atomic E-state index is 15.1. The number of aromatic nitrogens is 1. The number of aliphatic hydroxyl groups excluding tert-OH is 1. The van der Waals surface area contributed by atoms with Gasteiger partial charge >= 0.3 is 6.03 Å². The zero-order chi connectivity index (χ0) is 31.8. The van der Waals surface area contributed by atoms with E-state index >= 15 is 4.39 Å². The minimum atomic E-state index is -0.805. The molecule has 3 amide bonds. The number of halogens is 2. The summed E-state index contributed by atoms with van der Waals surface area (Å²) in [7, 11) is 1.49. The molecule has 236 valence electrons. The number of β-amino-alcohol motifs (C(OH)–C–C–N with tert-alkyl or cyclic N) is 1. The second-order valence-electron chi connectivity index (χ2n) is 10.3. The first kappa shape index (κ1) is 31.9. The number of amides is 3. The number of ether oxygens (including phenoxy) is 4. The third-order valence-electron chi connectivity index (χ3n) is 6.93. The molecule has 4 aromatic rings. The Morgan fingerprint density at radius 1 is 1.04 bits per heavy atom. The van der Waals surface area contributed by atoms with Crippen molar-refractivity contribution >= 4 is 40.1 Å². The molecule has 1 saturated heterocycles. The molecule has 0 saturated carbocycles. The topological polar surface area (TPSA) is 131 Å². The average Bonchev–Trinajstić information content (AvgIpc) is 3.02. The second-order valence-corrected chi connectivity index (χ2v) is 10.7. The van der Waals surface area contributed by atoms with Gasteiger partial charge in [-0.3, -0.25) is 20.0 Å². The standard InChI is InChI=1S/C32H32ClFN4O7/c1-42-29-16-24-26(17-30(29)44-19-23(39)18-38-10-12-43-13-11-38)35-9-8-27(24)45-28-7-6-22(15-25(28)34)36-32(41)37-31(40)14-20-2-4-21(33)5-3-20/h2-9,15-17,23,39H,10-14,18-19H2,1H3,(H2,36,37,40,41). The summed E-state index contributed by atoms with van der Waals surface area (Å²) in [6.45, 7) is 3.30. The number of methoxy groups -OCH3 is 1. The lowest BCUT2D eigenvalue weighted by Gasteiger charge is -2.28. The van der Waals surface area contributed by atoms with Crippen molar-refractivity contribution in [3.8, 4) is 23.0 Å². The van der Waals surface area contributed by atoms with Crippen LogP contribution in [-0.2, 0) is 16.0 Å². The molecule has 1 atom stereocenters. The smallest absolute Gasteiger partial charge is 0.325 e. The normalized spacial score (nSPS) is 14.0. The molecule has 0 spiro atoms. The molecular weight excluding hydrogens is 607 g/mol. The lowest BCUT2D eigenvalue weighted by molar-refractivity contribution is -0.119. The number of urea groups is 1. The molecule has 0 radical (unpaired) electrons. The molecule has 0 aliphatic carbocycles. The zero-order valence-corrected chi connectivity index (χ0v) is 25.2. The van der Waals surface area contributed by atoms with Crippen LogP contribution in [-0.4, -0.2) is 79.6 Å². The highest BCUT2D eigenvalue weighted by Crippen LogP contribution is 2.38. The Kier molecular flexibility index (Phi) is 10.6. The molecule has 2 heterocycles. The third kappa shape index (κ3) is 8.79. The number of nitrogens with one attached hydrogen (secondary N) is 2. The van der Waals surface area contributed by atoms with Crippen molar-refractivity contribution in [1.29, 1.82) is 0 Å². The number of nitrogens with zero attached hydrogens (tertiary/aromatic N) is 2. The fraction of sp³-hybridized carbons (Fsp3) is 0.281. The fourth-order valence-corrected chi connectivity index (χ4v) is 4.84. The Morgan fingerprint density at radius 2 is 1.82 bits per heavy atom. The van der Waals surface area contributed by atoms with Gasteiger partial charge < -0.3 is 29.4 Å². The van der Waals surface area contributed by atoms with Crippen molar-refractivity contribution in [2.75, 3.05) is 51.9 Å². The summed E-state index contributed by atoms with van der Waals surface area (Å²) in [5.41, 5.74) is 1.31. The Balaban J connectivity index is 1.21. The lowest BCUT2D eigenvalue weighted by atomic mass is 10.1. The summed E-state index contributed by atoms with van der Waals surface area (Å²) in [5, 5.41) is 16.2. The monoisotopic (exact) mass is 638 g/mol. The van der Waals surface area contributed by atoms with Crippen LogP contribution in [0.5, 0.6) is 23.0 Å². The quantitative estimate of drug-likeness (QED) is 0.212. The first-order chi connectivity index (χ1) is 21.8. The summed E-state index contributed by atoms with van der Waals surface area (Å²) < 4.78 is 37.7. The van der Waals surface area contributed by atoms with Crippen LogP contribution in [0.1, 0.15) is 5.56 Å². The van der Waals surface area contributed by atoms with Gasteiger partial charge in [0.15, 0.2) is 23.1 Å². The first-order valence-electron chi connectivity index (χ1n) is 14.2. The van der Waals surface area contributed by atoms with Crippen molar-refractivity contribution in [1.82, 2.24) is 15.2 Å². The number of imide groups is 1. The maximum Gasteiger partial charge on any atom is 0.325 e. The number of carbonyl (C=O) groups is 2. The van der Waals surface area contributed by atoms with E-state index in [-0.39, 0.29) is 24.5 Å². The number of aliphatic hydroxyl groups is 1. The molecule has 1 aliphatic heterocycles. The van der Waals surface area contributed by atoms with Crippen LogP contribution in [0.4, 0.5) is 14.9 Å². The van der Waals surface area contributed by atoms with Gasteiger partial charge in [-0.05, 0) is 42.0 Å². The van der Waals surface area contributed by atoms with Gasteiger partial charge in [-0.25, -0.2) is 9.18 Å². The predicted molar refractivity (Wildman–Crippen MR) is 166 cm³/mol. The minimum Gasteiger partial charge on any atom is -0.493 e. The van der Waals surface area contributed by atoms with Crippen LogP contribution >= 0.6 is 11.6 Å². The third-order valence-corrected chi connectivity index (χ3v) is 7.18. The first-order valence-corrected chi connectivity index (χ1v) is 14.6. The van der Waals surface area contributed by atoms with Gasteiger partial charge in [0.05, 0.1) is 32.3 Å². The number of fused-ring (bicyclic) bond motifs is 1. The van der Waals surface area contributed by atoms with E-state index < -0.39 is 23.9 Å². The van der Waals surface area contributed by atoms with Crippen molar-refractivity contribution in [2.24, 2.45) is 0 Å². The number of benzene rings is 3. The number of hydrogen-bond acceptors (Lipinski definition) is 9. The van der Waals surface area contributed by atoms with E-state index in [2.05, 4.69) is 20.5 Å². The van der Waals surface area contributed by atoms with Gasteiger partial charge in [0.1, 0.15) is 18.5 Å². The Morgan fingerprint density at radius 3 is 2.56 bits per heavy atom. The van der Waals surface area contributed by atoms with Crippen LogP contribution < -0.4 is 24.8 Å². The number of carbonyl (C=O) groups excluding carboxylic acids is 2.